The average Bonchev–Trinajstić information content (AvgIpc) is 2.92. The summed E-state index contributed by atoms with van der Waals surface area (Å²) in [5.74, 6) is 0.0760. The molecule has 1 saturated heterocycles. The summed E-state index contributed by atoms with van der Waals surface area (Å²) in [4.78, 5) is 14.2. The summed E-state index contributed by atoms with van der Waals surface area (Å²) >= 11 is 0. The van der Waals surface area contributed by atoms with Crippen molar-refractivity contribution in [3.63, 3.8) is 0 Å². The molecule has 0 aromatic heterocycles. The summed E-state index contributed by atoms with van der Waals surface area (Å²) in [6.45, 7) is 7.12. The SMILES string of the molecule is COC(=O)[C@@H](NC1CCN(Cc2ccccc2)C1)C(C)C. The maximum Gasteiger partial charge on any atom is 0.323 e. The van der Waals surface area contributed by atoms with Crippen LogP contribution in [0.5, 0.6) is 0 Å². The Hall–Kier alpha value is -1.39. The van der Waals surface area contributed by atoms with E-state index in [1.807, 2.05) is 19.9 Å². The Labute approximate surface area is 127 Å². The average molecular weight is 290 g/mol. The number of carbonyl (C=O) groups excluding carboxylic acids is 1. The van der Waals surface area contributed by atoms with Crippen molar-refractivity contribution in [3.8, 4) is 0 Å². The maximum atomic E-state index is 11.8. The first-order chi connectivity index (χ1) is 10.1. The van der Waals surface area contributed by atoms with E-state index in [0.29, 0.717) is 6.04 Å². The van der Waals surface area contributed by atoms with Gasteiger partial charge in [0.1, 0.15) is 6.04 Å². The van der Waals surface area contributed by atoms with Gasteiger partial charge in [-0.05, 0) is 17.9 Å². The highest BCUT2D eigenvalue weighted by atomic mass is 16.5. The molecule has 21 heavy (non-hydrogen) atoms. The van der Waals surface area contributed by atoms with Gasteiger partial charge in [-0.3, -0.25) is 9.69 Å². The van der Waals surface area contributed by atoms with Crippen LogP contribution in [-0.2, 0) is 16.1 Å². The molecule has 0 radical (unpaired) electrons. The maximum absolute atomic E-state index is 11.8. The van der Waals surface area contributed by atoms with Crippen molar-refractivity contribution < 1.29 is 9.53 Å². The van der Waals surface area contributed by atoms with Crippen LogP contribution in [0, 0.1) is 5.92 Å². The fourth-order valence-electron chi connectivity index (χ4n) is 2.87. The number of benzene rings is 1. The molecule has 0 bridgehead atoms. The number of hydrogen-bond acceptors (Lipinski definition) is 4. The van der Waals surface area contributed by atoms with Crippen LogP contribution in [-0.4, -0.2) is 43.2 Å². The number of methoxy groups -OCH3 is 1. The molecule has 0 spiro atoms. The molecule has 0 saturated carbocycles. The van der Waals surface area contributed by atoms with Crippen molar-refractivity contribution in [2.75, 3.05) is 20.2 Å². The van der Waals surface area contributed by atoms with Gasteiger partial charge in [-0.25, -0.2) is 0 Å². The molecule has 0 amide bonds. The smallest absolute Gasteiger partial charge is 0.323 e. The zero-order valence-electron chi connectivity index (χ0n) is 13.2. The topological polar surface area (TPSA) is 41.6 Å². The Kier molecular flexibility index (Phi) is 5.76. The zero-order valence-corrected chi connectivity index (χ0v) is 13.2. The van der Waals surface area contributed by atoms with Crippen LogP contribution in [0.25, 0.3) is 0 Å². The van der Waals surface area contributed by atoms with Crippen molar-refractivity contribution in [1.29, 1.82) is 0 Å². The summed E-state index contributed by atoms with van der Waals surface area (Å²) in [7, 11) is 1.45. The Morgan fingerprint density at radius 1 is 1.38 bits per heavy atom. The lowest BCUT2D eigenvalue weighted by molar-refractivity contribution is -0.144. The first-order valence-corrected chi connectivity index (χ1v) is 7.70. The number of esters is 1. The third-order valence-electron chi connectivity index (χ3n) is 4.06. The number of carbonyl (C=O) groups is 1. The van der Waals surface area contributed by atoms with Gasteiger partial charge in [-0.15, -0.1) is 0 Å². The zero-order chi connectivity index (χ0) is 15.2. The van der Waals surface area contributed by atoms with Gasteiger partial charge >= 0.3 is 5.97 Å². The fourth-order valence-corrected chi connectivity index (χ4v) is 2.87. The summed E-state index contributed by atoms with van der Waals surface area (Å²) in [6.07, 6.45) is 1.08. The van der Waals surface area contributed by atoms with Crippen molar-refractivity contribution in [3.05, 3.63) is 35.9 Å². The second-order valence-electron chi connectivity index (χ2n) is 6.12. The van der Waals surface area contributed by atoms with Crippen LogP contribution in [0.2, 0.25) is 0 Å². The number of likely N-dealkylation sites (tertiary alicyclic amines) is 1. The standard InChI is InChI=1S/C17H26N2O2/c1-13(2)16(17(20)21-3)18-15-9-10-19(12-15)11-14-7-5-4-6-8-14/h4-8,13,15-16,18H,9-12H2,1-3H3/t15?,16-/m0/s1. The van der Waals surface area contributed by atoms with Gasteiger partial charge in [0.15, 0.2) is 0 Å². The summed E-state index contributed by atoms with van der Waals surface area (Å²) < 4.78 is 4.89. The van der Waals surface area contributed by atoms with Gasteiger partial charge in [0.05, 0.1) is 7.11 Å². The third kappa shape index (κ3) is 4.55. The number of nitrogens with zero attached hydrogens (tertiary/aromatic N) is 1. The molecule has 0 aliphatic carbocycles. The van der Waals surface area contributed by atoms with Crippen LogP contribution >= 0.6 is 0 Å². The molecule has 116 valence electrons. The number of hydrogen-bond donors (Lipinski definition) is 1. The van der Waals surface area contributed by atoms with E-state index in [0.717, 1.165) is 26.1 Å². The molecular weight excluding hydrogens is 264 g/mol. The van der Waals surface area contributed by atoms with Gasteiger partial charge in [0.25, 0.3) is 0 Å². The van der Waals surface area contributed by atoms with E-state index in [1.165, 1.54) is 12.7 Å². The van der Waals surface area contributed by atoms with Gasteiger partial charge in [0, 0.05) is 25.7 Å². The second kappa shape index (κ2) is 7.57. The van der Waals surface area contributed by atoms with Crippen LogP contribution < -0.4 is 5.32 Å². The van der Waals surface area contributed by atoms with Gasteiger partial charge in [0.2, 0.25) is 0 Å². The lowest BCUT2D eigenvalue weighted by atomic mass is 10.0. The monoisotopic (exact) mass is 290 g/mol. The van der Waals surface area contributed by atoms with Crippen molar-refractivity contribution >= 4 is 5.97 Å². The largest absolute Gasteiger partial charge is 0.468 e. The van der Waals surface area contributed by atoms with E-state index >= 15 is 0 Å². The minimum absolute atomic E-state index is 0.161. The van der Waals surface area contributed by atoms with Crippen LogP contribution in [0.3, 0.4) is 0 Å². The minimum Gasteiger partial charge on any atom is -0.468 e. The highest BCUT2D eigenvalue weighted by molar-refractivity contribution is 5.76. The van der Waals surface area contributed by atoms with Gasteiger partial charge in [-0.1, -0.05) is 44.2 Å². The van der Waals surface area contributed by atoms with Gasteiger partial charge in [-0.2, -0.15) is 0 Å². The number of rotatable bonds is 6. The van der Waals surface area contributed by atoms with Gasteiger partial charge < -0.3 is 10.1 Å². The van der Waals surface area contributed by atoms with E-state index in [2.05, 4.69) is 34.5 Å². The second-order valence-corrected chi connectivity index (χ2v) is 6.12. The number of nitrogens with one attached hydrogen (secondary N) is 1. The molecular formula is C17H26N2O2. The first-order valence-electron chi connectivity index (χ1n) is 7.70. The summed E-state index contributed by atoms with van der Waals surface area (Å²) in [5.41, 5.74) is 1.34. The highest BCUT2D eigenvalue weighted by Crippen LogP contribution is 2.15. The summed E-state index contributed by atoms with van der Waals surface area (Å²) in [5, 5.41) is 3.47. The quantitative estimate of drug-likeness (QED) is 0.814. The predicted octanol–water partition coefficient (Wildman–Crippen LogP) is 2.05. The first kappa shape index (κ1) is 16.0. The molecule has 1 aromatic carbocycles. The molecule has 1 aliphatic heterocycles. The molecule has 1 heterocycles. The Morgan fingerprint density at radius 3 is 2.71 bits per heavy atom. The minimum atomic E-state index is -0.211. The normalized spacial score (nSPS) is 20.7. The lowest BCUT2D eigenvalue weighted by Crippen LogP contribution is -2.48. The molecule has 1 aliphatic rings. The van der Waals surface area contributed by atoms with E-state index in [-0.39, 0.29) is 17.9 Å². The Morgan fingerprint density at radius 2 is 2.10 bits per heavy atom. The van der Waals surface area contributed by atoms with Crippen molar-refractivity contribution in [1.82, 2.24) is 10.2 Å². The van der Waals surface area contributed by atoms with E-state index < -0.39 is 0 Å². The van der Waals surface area contributed by atoms with Crippen LogP contribution in [0.4, 0.5) is 0 Å². The summed E-state index contributed by atoms with van der Waals surface area (Å²) in [6, 6.07) is 10.7. The lowest BCUT2D eigenvalue weighted by Gasteiger charge is -2.24. The Balaban J connectivity index is 1.85. The van der Waals surface area contributed by atoms with Crippen LogP contribution in [0.1, 0.15) is 25.8 Å². The van der Waals surface area contributed by atoms with E-state index in [1.54, 1.807) is 0 Å². The molecule has 2 atom stereocenters. The van der Waals surface area contributed by atoms with E-state index in [4.69, 9.17) is 4.74 Å². The highest BCUT2D eigenvalue weighted by Gasteiger charge is 2.29. The molecule has 4 heteroatoms. The third-order valence-corrected chi connectivity index (χ3v) is 4.06. The molecule has 2 rings (SSSR count). The van der Waals surface area contributed by atoms with Crippen molar-refractivity contribution in [2.24, 2.45) is 5.92 Å². The van der Waals surface area contributed by atoms with E-state index in [9.17, 15) is 4.79 Å². The number of ether oxygens (including phenoxy) is 1. The predicted molar refractivity (Wildman–Crippen MR) is 83.9 cm³/mol. The molecule has 4 nitrogen and oxygen atoms in total. The molecule has 1 unspecified atom stereocenters. The molecule has 1 N–H and O–H groups in total. The molecule has 1 fully saturated rings. The van der Waals surface area contributed by atoms with Crippen LogP contribution in [0.15, 0.2) is 30.3 Å². The molecule has 1 aromatic rings. The fraction of sp³-hybridized carbons (Fsp3) is 0.588. The Bertz CT molecular complexity index is 447. The van der Waals surface area contributed by atoms with Crippen molar-refractivity contribution in [2.45, 2.75) is 38.9 Å².